The van der Waals surface area contributed by atoms with Gasteiger partial charge >= 0.3 is 0 Å². The molecule has 1 N–H and O–H groups in total. The van der Waals surface area contributed by atoms with Crippen molar-refractivity contribution >= 4 is 0 Å². The lowest BCUT2D eigenvalue weighted by molar-refractivity contribution is 0.179. The Morgan fingerprint density at radius 3 is 2.47 bits per heavy atom. The first-order valence-corrected chi connectivity index (χ1v) is 7.97. The van der Waals surface area contributed by atoms with E-state index < -0.39 is 0 Å². The topological polar surface area (TPSA) is 12.0 Å². The summed E-state index contributed by atoms with van der Waals surface area (Å²) in [5.74, 6) is 1.79. The predicted octanol–water partition coefficient (Wildman–Crippen LogP) is 4.34. The number of rotatable bonds is 5. The summed E-state index contributed by atoms with van der Waals surface area (Å²) in [5, 5.41) is 3.60. The summed E-state index contributed by atoms with van der Waals surface area (Å²) in [4.78, 5) is 0. The van der Waals surface area contributed by atoms with Crippen LogP contribution in [0.5, 0.6) is 0 Å². The highest BCUT2D eigenvalue weighted by molar-refractivity contribution is 5.22. The van der Waals surface area contributed by atoms with E-state index >= 15 is 0 Å². The third-order valence-corrected chi connectivity index (χ3v) is 4.96. The zero-order chi connectivity index (χ0) is 13.7. The van der Waals surface area contributed by atoms with Crippen LogP contribution in [0.2, 0.25) is 0 Å². The third kappa shape index (κ3) is 3.82. The molecule has 1 nitrogen and oxygen atoms in total. The SMILES string of the molecule is CCC1CCCCC1C(Cc1ccc(C)cc1)NC. The molecule has 1 aromatic carbocycles. The third-order valence-electron chi connectivity index (χ3n) is 4.96. The van der Waals surface area contributed by atoms with E-state index in [-0.39, 0.29) is 0 Å². The van der Waals surface area contributed by atoms with Crippen LogP contribution in [0.3, 0.4) is 0 Å². The van der Waals surface area contributed by atoms with Crippen molar-refractivity contribution in [3.63, 3.8) is 0 Å². The summed E-state index contributed by atoms with van der Waals surface area (Å²) in [6.45, 7) is 4.52. The molecule has 106 valence electrons. The van der Waals surface area contributed by atoms with Gasteiger partial charge in [-0.3, -0.25) is 0 Å². The normalized spacial score (nSPS) is 25.2. The fraction of sp³-hybridized carbons (Fsp3) is 0.667. The van der Waals surface area contributed by atoms with Crippen LogP contribution in [0.4, 0.5) is 0 Å². The molecule has 1 heteroatoms. The molecular weight excluding hydrogens is 230 g/mol. The van der Waals surface area contributed by atoms with Crippen LogP contribution in [0.15, 0.2) is 24.3 Å². The molecule has 3 atom stereocenters. The van der Waals surface area contributed by atoms with Crippen molar-refractivity contribution in [2.45, 2.75) is 58.4 Å². The van der Waals surface area contributed by atoms with E-state index in [0.29, 0.717) is 6.04 Å². The van der Waals surface area contributed by atoms with E-state index in [2.05, 4.69) is 50.5 Å². The molecule has 0 heterocycles. The van der Waals surface area contributed by atoms with Crippen LogP contribution in [-0.4, -0.2) is 13.1 Å². The molecule has 1 aromatic rings. The van der Waals surface area contributed by atoms with Crippen LogP contribution in [0, 0.1) is 18.8 Å². The lowest BCUT2D eigenvalue weighted by atomic mass is 9.73. The van der Waals surface area contributed by atoms with Gasteiger partial charge in [0, 0.05) is 6.04 Å². The minimum Gasteiger partial charge on any atom is -0.316 e. The Morgan fingerprint density at radius 1 is 1.16 bits per heavy atom. The summed E-state index contributed by atoms with van der Waals surface area (Å²) in [7, 11) is 2.14. The minimum absolute atomic E-state index is 0.646. The second kappa shape index (κ2) is 7.09. The molecule has 3 unspecified atom stereocenters. The first-order valence-electron chi connectivity index (χ1n) is 7.97. The second-order valence-corrected chi connectivity index (χ2v) is 6.20. The largest absolute Gasteiger partial charge is 0.316 e. The lowest BCUT2D eigenvalue weighted by Crippen LogP contribution is -2.40. The number of likely N-dealkylation sites (N-methyl/N-ethyl adjacent to an activating group) is 1. The van der Waals surface area contributed by atoms with Gasteiger partial charge in [-0.1, -0.05) is 62.4 Å². The average molecular weight is 259 g/mol. The number of aryl methyl sites for hydroxylation is 1. The van der Waals surface area contributed by atoms with Crippen LogP contribution in [0.1, 0.15) is 50.2 Å². The zero-order valence-electron chi connectivity index (χ0n) is 12.8. The molecule has 0 aromatic heterocycles. The average Bonchev–Trinajstić information content (AvgIpc) is 2.46. The van der Waals surface area contributed by atoms with Gasteiger partial charge in [0.15, 0.2) is 0 Å². The summed E-state index contributed by atoms with van der Waals surface area (Å²) < 4.78 is 0. The highest BCUT2D eigenvalue weighted by Crippen LogP contribution is 2.35. The summed E-state index contributed by atoms with van der Waals surface area (Å²) >= 11 is 0. The molecule has 0 bridgehead atoms. The van der Waals surface area contributed by atoms with Crippen LogP contribution >= 0.6 is 0 Å². The van der Waals surface area contributed by atoms with E-state index in [1.165, 1.54) is 49.7 Å². The molecule has 19 heavy (non-hydrogen) atoms. The van der Waals surface area contributed by atoms with Gasteiger partial charge in [-0.2, -0.15) is 0 Å². The van der Waals surface area contributed by atoms with E-state index in [1.54, 1.807) is 0 Å². The van der Waals surface area contributed by atoms with Crippen molar-refractivity contribution in [3.8, 4) is 0 Å². The lowest BCUT2D eigenvalue weighted by Gasteiger charge is -2.37. The van der Waals surface area contributed by atoms with Gasteiger partial charge in [0.05, 0.1) is 0 Å². The van der Waals surface area contributed by atoms with Crippen molar-refractivity contribution < 1.29 is 0 Å². The van der Waals surface area contributed by atoms with Gasteiger partial charge < -0.3 is 5.32 Å². The molecule has 1 saturated carbocycles. The molecule has 1 fully saturated rings. The van der Waals surface area contributed by atoms with E-state index in [4.69, 9.17) is 0 Å². The maximum absolute atomic E-state index is 3.60. The van der Waals surface area contributed by atoms with Gasteiger partial charge in [-0.25, -0.2) is 0 Å². The fourth-order valence-electron chi connectivity index (χ4n) is 3.72. The minimum atomic E-state index is 0.646. The molecule has 1 aliphatic rings. The Kier molecular flexibility index (Phi) is 5.45. The predicted molar refractivity (Wildman–Crippen MR) is 83.5 cm³/mol. The van der Waals surface area contributed by atoms with Crippen molar-refractivity contribution in [1.82, 2.24) is 5.32 Å². The Morgan fingerprint density at radius 2 is 1.84 bits per heavy atom. The maximum atomic E-state index is 3.60. The van der Waals surface area contributed by atoms with Gasteiger partial charge in [-0.15, -0.1) is 0 Å². The van der Waals surface area contributed by atoms with Gasteiger partial charge in [-0.05, 0) is 44.2 Å². The number of benzene rings is 1. The van der Waals surface area contributed by atoms with Crippen molar-refractivity contribution in [2.24, 2.45) is 11.8 Å². The van der Waals surface area contributed by atoms with Crippen molar-refractivity contribution in [1.29, 1.82) is 0 Å². The molecule has 0 aliphatic heterocycles. The maximum Gasteiger partial charge on any atom is 0.0135 e. The highest BCUT2D eigenvalue weighted by Gasteiger charge is 2.29. The highest BCUT2D eigenvalue weighted by atomic mass is 14.9. The van der Waals surface area contributed by atoms with Gasteiger partial charge in [0.25, 0.3) is 0 Å². The first kappa shape index (κ1) is 14.6. The van der Waals surface area contributed by atoms with Crippen molar-refractivity contribution in [3.05, 3.63) is 35.4 Å². The Bertz CT molecular complexity index is 368. The second-order valence-electron chi connectivity index (χ2n) is 6.20. The molecule has 1 aliphatic carbocycles. The molecular formula is C18H29N. The van der Waals surface area contributed by atoms with E-state index in [1.807, 2.05) is 0 Å². The van der Waals surface area contributed by atoms with Crippen molar-refractivity contribution in [2.75, 3.05) is 7.05 Å². The molecule has 0 amide bonds. The van der Waals surface area contributed by atoms with Crippen LogP contribution in [0.25, 0.3) is 0 Å². The standard InChI is InChI=1S/C18H29N/c1-4-16-7-5-6-8-17(16)18(19-3)13-15-11-9-14(2)10-12-15/h9-12,16-19H,4-8,13H2,1-3H3. The first-order chi connectivity index (χ1) is 9.24. The molecule has 2 rings (SSSR count). The summed E-state index contributed by atoms with van der Waals surface area (Å²) in [6.07, 6.45) is 8.24. The monoisotopic (exact) mass is 259 g/mol. The fourth-order valence-corrected chi connectivity index (χ4v) is 3.72. The smallest absolute Gasteiger partial charge is 0.0135 e. The number of nitrogens with one attached hydrogen (secondary N) is 1. The quantitative estimate of drug-likeness (QED) is 0.829. The van der Waals surface area contributed by atoms with Crippen LogP contribution in [-0.2, 0) is 6.42 Å². The Hall–Kier alpha value is -0.820. The van der Waals surface area contributed by atoms with Gasteiger partial charge in [0.1, 0.15) is 0 Å². The van der Waals surface area contributed by atoms with E-state index in [9.17, 15) is 0 Å². The molecule has 0 spiro atoms. The summed E-state index contributed by atoms with van der Waals surface area (Å²) in [5.41, 5.74) is 2.83. The van der Waals surface area contributed by atoms with Crippen LogP contribution < -0.4 is 5.32 Å². The molecule has 0 saturated heterocycles. The molecule has 0 radical (unpaired) electrons. The zero-order valence-corrected chi connectivity index (χ0v) is 12.8. The number of hydrogen-bond acceptors (Lipinski definition) is 1. The van der Waals surface area contributed by atoms with E-state index in [0.717, 1.165) is 11.8 Å². The van der Waals surface area contributed by atoms with Gasteiger partial charge in [0.2, 0.25) is 0 Å². The Labute approximate surface area is 118 Å². The Balaban J connectivity index is 2.04. The summed E-state index contributed by atoms with van der Waals surface area (Å²) in [6, 6.07) is 9.71. The number of hydrogen-bond donors (Lipinski definition) is 1.